The molecule has 0 aromatic rings. The molecule has 5 rings (SSSR count). The smallest absolute Gasteiger partial charge is 0.0861 e. The van der Waals surface area contributed by atoms with E-state index in [9.17, 15) is 25.5 Å². The van der Waals surface area contributed by atoms with Gasteiger partial charge in [-0.25, -0.2) is 0 Å². The molecule has 0 bridgehead atoms. The number of aliphatic hydroxyl groups is 5. The molecular weight excluding hydrogens is 444 g/mol. The molecule has 6 heteroatoms. The number of fused-ring (bicyclic) bond motifs is 5. The zero-order chi connectivity index (χ0) is 25.4. The van der Waals surface area contributed by atoms with E-state index in [0.717, 1.165) is 45.1 Å². The Morgan fingerprint density at radius 1 is 0.743 bits per heavy atom. The van der Waals surface area contributed by atoms with E-state index in [2.05, 4.69) is 34.6 Å². The van der Waals surface area contributed by atoms with Crippen LogP contribution in [-0.4, -0.2) is 68.8 Å². The lowest BCUT2D eigenvalue weighted by Gasteiger charge is -2.64. The first kappa shape index (κ1) is 26.4. The molecule has 4 saturated carbocycles. The van der Waals surface area contributed by atoms with Crippen molar-refractivity contribution in [2.75, 3.05) is 6.61 Å². The summed E-state index contributed by atoms with van der Waals surface area (Å²) in [5, 5.41) is 55.5. The van der Waals surface area contributed by atoms with Crippen molar-refractivity contribution in [2.45, 2.75) is 116 Å². The second-order valence-corrected chi connectivity index (χ2v) is 14.1. The van der Waals surface area contributed by atoms with E-state index in [1.54, 1.807) is 0 Å². The van der Waals surface area contributed by atoms with E-state index in [1.165, 1.54) is 0 Å². The van der Waals surface area contributed by atoms with E-state index in [1.807, 2.05) is 0 Å². The van der Waals surface area contributed by atoms with Crippen molar-refractivity contribution < 1.29 is 30.3 Å². The highest BCUT2D eigenvalue weighted by Gasteiger charge is 2.68. The van der Waals surface area contributed by atoms with Crippen LogP contribution in [0.15, 0.2) is 0 Å². The molecule has 15 atom stereocenters. The summed E-state index contributed by atoms with van der Waals surface area (Å²) in [6.45, 7) is 12.2. The highest BCUT2D eigenvalue weighted by atomic mass is 16.5. The van der Waals surface area contributed by atoms with Gasteiger partial charge in [0.1, 0.15) is 0 Å². The standard InChI is InChI=1S/C29H50O6/c1-14(2)16-8-11-35-21(12-16)15(3)18-13-20(31)23-22-17(6-9-29(18,23)5)28(4)10-7-19(30)25(32)24(28)27(34)26(22)33/h14-27,30-34H,6-13H2,1-5H3/t15-,16?,17-,18+,19+,20?,21?,22+,23+,24+,25-,26+,27+,28+,29+/m0/s1. The van der Waals surface area contributed by atoms with Crippen LogP contribution in [0, 0.1) is 58.2 Å². The number of ether oxygens (including phenoxy) is 1. The average Bonchev–Trinajstić information content (AvgIpc) is 3.10. The van der Waals surface area contributed by atoms with Gasteiger partial charge >= 0.3 is 0 Å². The van der Waals surface area contributed by atoms with Crippen molar-refractivity contribution >= 4 is 0 Å². The number of hydrogen-bond acceptors (Lipinski definition) is 6. The van der Waals surface area contributed by atoms with Crippen molar-refractivity contribution in [1.29, 1.82) is 0 Å². The molecule has 5 fully saturated rings. The molecule has 0 radical (unpaired) electrons. The lowest BCUT2D eigenvalue weighted by Crippen LogP contribution is -2.68. The first-order valence-corrected chi connectivity index (χ1v) is 14.4. The zero-order valence-electron chi connectivity index (χ0n) is 22.4. The van der Waals surface area contributed by atoms with Crippen LogP contribution in [0.5, 0.6) is 0 Å². The normalized spacial score (nSPS) is 57.3. The molecule has 5 N–H and O–H groups in total. The third kappa shape index (κ3) is 3.87. The fraction of sp³-hybridized carbons (Fsp3) is 1.00. The summed E-state index contributed by atoms with van der Waals surface area (Å²) in [6, 6.07) is 0. The van der Waals surface area contributed by atoms with E-state index in [0.29, 0.717) is 30.1 Å². The predicted octanol–water partition coefficient (Wildman–Crippen LogP) is 2.98. The minimum Gasteiger partial charge on any atom is -0.393 e. The van der Waals surface area contributed by atoms with E-state index >= 15 is 0 Å². The van der Waals surface area contributed by atoms with Gasteiger partial charge in [-0.05, 0) is 97.2 Å². The fourth-order valence-electron chi connectivity index (χ4n) is 10.3. The van der Waals surface area contributed by atoms with Gasteiger partial charge in [0.05, 0.1) is 36.6 Å². The summed E-state index contributed by atoms with van der Waals surface area (Å²) >= 11 is 0. The maximum atomic E-state index is 11.5. The van der Waals surface area contributed by atoms with E-state index in [4.69, 9.17) is 4.74 Å². The van der Waals surface area contributed by atoms with Crippen molar-refractivity contribution in [1.82, 2.24) is 0 Å². The summed E-state index contributed by atoms with van der Waals surface area (Å²) < 4.78 is 6.32. The molecule has 35 heavy (non-hydrogen) atoms. The Bertz CT molecular complexity index is 774. The van der Waals surface area contributed by atoms with Gasteiger partial charge in [-0.2, -0.15) is 0 Å². The average molecular weight is 495 g/mol. The van der Waals surface area contributed by atoms with Gasteiger partial charge in [-0.15, -0.1) is 0 Å². The molecule has 0 aromatic heterocycles. The van der Waals surface area contributed by atoms with Crippen LogP contribution in [0.2, 0.25) is 0 Å². The maximum absolute atomic E-state index is 11.5. The molecule has 5 aliphatic rings. The summed E-state index contributed by atoms with van der Waals surface area (Å²) in [5.74, 6) is 1.28. The van der Waals surface area contributed by atoms with Crippen LogP contribution in [0.1, 0.15) is 79.6 Å². The number of hydrogen-bond donors (Lipinski definition) is 5. The molecule has 202 valence electrons. The molecule has 3 unspecified atom stereocenters. The highest BCUT2D eigenvalue weighted by molar-refractivity contribution is 5.17. The van der Waals surface area contributed by atoms with Crippen molar-refractivity contribution in [3.05, 3.63) is 0 Å². The minimum absolute atomic E-state index is 0.0791. The van der Waals surface area contributed by atoms with Gasteiger partial charge in [-0.1, -0.05) is 34.6 Å². The Labute approximate surface area is 211 Å². The maximum Gasteiger partial charge on any atom is 0.0861 e. The summed E-state index contributed by atoms with van der Waals surface area (Å²) in [4.78, 5) is 0. The molecule has 1 heterocycles. The second kappa shape index (κ2) is 9.20. The van der Waals surface area contributed by atoms with Crippen molar-refractivity contribution in [3.8, 4) is 0 Å². The molecule has 4 aliphatic carbocycles. The first-order chi connectivity index (χ1) is 16.4. The second-order valence-electron chi connectivity index (χ2n) is 14.1. The number of rotatable bonds is 3. The Hall–Kier alpha value is -0.240. The predicted molar refractivity (Wildman–Crippen MR) is 133 cm³/mol. The zero-order valence-corrected chi connectivity index (χ0v) is 22.4. The van der Waals surface area contributed by atoms with Gasteiger partial charge in [0, 0.05) is 12.5 Å². The van der Waals surface area contributed by atoms with Gasteiger partial charge < -0.3 is 30.3 Å². The topological polar surface area (TPSA) is 110 Å². The lowest BCUT2D eigenvalue weighted by atomic mass is 9.42. The lowest BCUT2D eigenvalue weighted by molar-refractivity contribution is -0.256. The molecule has 0 aromatic carbocycles. The molecule has 6 nitrogen and oxygen atoms in total. The Balaban J connectivity index is 1.43. The molecule has 1 saturated heterocycles. The molecule has 1 aliphatic heterocycles. The van der Waals surface area contributed by atoms with Crippen molar-refractivity contribution in [2.24, 2.45) is 58.2 Å². The van der Waals surface area contributed by atoms with Crippen LogP contribution in [0.25, 0.3) is 0 Å². The van der Waals surface area contributed by atoms with Gasteiger partial charge in [0.15, 0.2) is 0 Å². The van der Waals surface area contributed by atoms with Crippen LogP contribution in [0.3, 0.4) is 0 Å². The van der Waals surface area contributed by atoms with Gasteiger partial charge in [-0.3, -0.25) is 0 Å². The Kier molecular flexibility index (Phi) is 6.93. The van der Waals surface area contributed by atoms with Crippen LogP contribution >= 0.6 is 0 Å². The molecular formula is C29H50O6. The third-order valence-corrected chi connectivity index (χ3v) is 12.4. The largest absolute Gasteiger partial charge is 0.393 e. The highest BCUT2D eigenvalue weighted by Crippen LogP contribution is 2.68. The van der Waals surface area contributed by atoms with E-state index in [-0.39, 0.29) is 34.7 Å². The fourth-order valence-corrected chi connectivity index (χ4v) is 10.3. The monoisotopic (exact) mass is 494 g/mol. The number of aliphatic hydroxyl groups excluding tert-OH is 5. The summed E-state index contributed by atoms with van der Waals surface area (Å²) in [6.07, 6.45) is 1.82. The van der Waals surface area contributed by atoms with Gasteiger partial charge in [0.2, 0.25) is 0 Å². The minimum atomic E-state index is -1.09. The van der Waals surface area contributed by atoms with Crippen LogP contribution in [0.4, 0.5) is 0 Å². The first-order valence-electron chi connectivity index (χ1n) is 14.4. The quantitative estimate of drug-likeness (QED) is 0.413. The third-order valence-electron chi connectivity index (χ3n) is 12.4. The summed E-state index contributed by atoms with van der Waals surface area (Å²) in [7, 11) is 0. The molecule has 0 spiro atoms. The summed E-state index contributed by atoms with van der Waals surface area (Å²) in [5.41, 5.74) is -0.478. The Morgan fingerprint density at radius 3 is 2.11 bits per heavy atom. The molecule has 0 amide bonds. The van der Waals surface area contributed by atoms with Crippen LogP contribution in [-0.2, 0) is 4.74 Å². The van der Waals surface area contributed by atoms with Crippen molar-refractivity contribution in [3.63, 3.8) is 0 Å². The van der Waals surface area contributed by atoms with Gasteiger partial charge in [0.25, 0.3) is 0 Å². The Morgan fingerprint density at radius 2 is 1.43 bits per heavy atom. The van der Waals surface area contributed by atoms with Crippen LogP contribution < -0.4 is 0 Å². The SMILES string of the molecule is CC(C)C1CCOC([C@@H](C)[C@H]2CC(O)[C@@H]3[C@@H]4[C@@H](O)[C@H](O)[C@H]5[C@@H](O)[C@H](O)CC[C@]5(C)[C@H]4CC[C@]23C)C1. The van der Waals surface area contributed by atoms with E-state index < -0.39 is 36.4 Å².